The quantitative estimate of drug-likeness (QED) is 0.368. The minimum Gasteiger partial charge on any atom is -0.379 e. The van der Waals surface area contributed by atoms with E-state index in [0.29, 0.717) is 18.8 Å². The second kappa shape index (κ2) is 8.77. The van der Waals surface area contributed by atoms with Crippen molar-refractivity contribution in [1.29, 1.82) is 0 Å². The summed E-state index contributed by atoms with van der Waals surface area (Å²) in [6.07, 6.45) is 4.37. The first kappa shape index (κ1) is 19.6. The van der Waals surface area contributed by atoms with Gasteiger partial charge in [0.25, 0.3) is 0 Å². The average molecular weight is 419 g/mol. The molecule has 0 fully saturated rings. The van der Waals surface area contributed by atoms with E-state index in [9.17, 15) is 0 Å². The number of aromatic nitrogens is 6. The van der Waals surface area contributed by atoms with Gasteiger partial charge in [0.1, 0.15) is 5.52 Å². The van der Waals surface area contributed by atoms with Gasteiger partial charge in [0, 0.05) is 30.4 Å². The number of rotatable bonds is 7. The van der Waals surface area contributed by atoms with Crippen LogP contribution >= 0.6 is 0 Å². The van der Waals surface area contributed by atoms with Crippen molar-refractivity contribution >= 4 is 16.7 Å². The monoisotopic (exact) mass is 419 g/mol. The van der Waals surface area contributed by atoms with Gasteiger partial charge < -0.3 is 5.32 Å². The second-order valence-electron chi connectivity index (χ2n) is 7.37. The maximum atomic E-state index is 4.66. The summed E-state index contributed by atoms with van der Waals surface area (Å²) in [5.41, 5.74) is 7.99. The van der Waals surface area contributed by atoms with Crippen LogP contribution in [-0.4, -0.2) is 30.6 Å². The Kier molecular flexibility index (Phi) is 5.36. The molecule has 156 valence electrons. The largest absolute Gasteiger partial charge is 0.379 e. The van der Waals surface area contributed by atoms with Crippen molar-refractivity contribution in [2.24, 2.45) is 0 Å². The van der Waals surface area contributed by atoms with E-state index in [1.807, 2.05) is 42.5 Å². The topological polar surface area (TPSA) is 92.3 Å². The molecule has 7 heteroatoms. The van der Waals surface area contributed by atoms with Gasteiger partial charge in [-0.1, -0.05) is 54.6 Å². The van der Waals surface area contributed by atoms with E-state index in [2.05, 4.69) is 72.8 Å². The van der Waals surface area contributed by atoms with Crippen LogP contribution in [0.2, 0.25) is 0 Å². The summed E-state index contributed by atoms with van der Waals surface area (Å²) >= 11 is 0. The van der Waals surface area contributed by atoms with E-state index in [0.717, 1.165) is 39.1 Å². The molecule has 0 saturated heterocycles. The molecule has 0 aliphatic rings. The fourth-order valence-electron chi connectivity index (χ4n) is 3.72. The van der Waals surface area contributed by atoms with Crippen LogP contribution in [0.5, 0.6) is 0 Å². The predicted molar refractivity (Wildman–Crippen MR) is 126 cm³/mol. The zero-order valence-electron chi connectivity index (χ0n) is 17.4. The Hall–Kier alpha value is -4.39. The molecule has 0 saturated carbocycles. The second-order valence-corrected chi connectivity index (χ2v) is 7.37. The van der Waals surface area contributed by atoms with Gasteiger partial charge in [-0.2, -0.15) is 0 Å². The van der Waals surface area contributed by atoms with Crippen LogP contribution in [0, 0.1) is 0 Å². The molecule has 0 unspecified atom stereocenters. The lowest BCUT2D eigenvalue weighted by Gasteiger charge is -2.12. The van der Waals surface area contributed by atoms with Gasteiger partial charge in [0.15, 0.2) is 5.82 Å². The standard InChI is InChI=1S/C25H21N7/c1-2-6-19-15-23(24-22(28-19)9-5-14-26-24)27-16-17-10-12-18(13-11-17)20-7-3-4-8-21(20)25-29-31-32-30-25/h2-5,7-15H,1,6,16H2,(H,27,28)(H,29,30,31,32). The zero-order chi connectivity index (χ0) is 21.8. The molecular formula is C25H21N7. The highest BCUT2D eigenvalue weighted by molar-refractivity contribution is 5.87. The van der Waals surface area contributed by atoms with Crippen LogP contribution in [-0.2, 0) is 13.0 Å². The summed E-state index contributed by atoms with van der Waals surface area (Å²) in [7, 11) is 0. The first-order valence-electron chi connectivity index (χ1n) is 10.3. The van der Waals surface area contributed by atoms with Gasteiger partial charge >= 0.3 is 0 Å². The highest BCUT2D eigenvalue weighted by Crippen LogP contribution is 2.30. The van der Waals surface area contributed by atoms with Gasteiger partial charge in [-0.15, -0.1) is 11.7 Å². The highest BCUT2D eigenvalue weighted by atomic mass is 15.5. The third-order valence-electron chi connectivity index (χ3n) is 5.25. The minimum atomic E-state index is 0.652. The van der Waals surface area contributed by atoms with Crippen molar-refractivity contribution < 1.29 is 0 Å². The van der Waals surface area contributed by atoms with E-state index in [4.69, 9.17) is 0 Å². The molecule has 32 heavy (non-hydrogen) atoms. The first-order chi connectivity index (χ1) is 15.8. The Labute approximate surface area is 185 Å². The van der Waals surface area contributed by atoms with Crippen molar-refractivity contribution in [1.82, 2.24) is 30.6 Å². The van der Waals surface area contributed by atoms with E-state index in [-0.39, 0.29) is 0 Å². The number of anilines is 1. The third kappa shape index (κ3) is 3.96. The number of pyridine rings is 2. The van der Waals surface area contributed by atoms with Crippen molar-refractivity contribution in [2.75, 3.05) is 5.32 Å². The number of nitrogens with one attached hydrogen (secondary N) is 2. The normalized spacial score (nSPS) is 10.9. The van der Waals surface area contributed by atoms with Gasteiger partial charge in [-0.25, -0.2) is 5.10 Å². The molecule has 3 aromatic heterocycles. The summed E-state index contributed by atoms with van der Waals surface area (Å²) < 4.78 is 0. The first-order valence-corrected chi connectivity index (χ1v) is 10.3. The molecule has 0 atom stereocenters. The highest BCUT2D eigenvalue weighted by Gasteiger charge is 2.10. The molecule has 0 spiro atoms. The number of fused-ring (bicyclic) bond motifs is 1. The Bertz CT molecular complexity index is 1360. The number of hydrogen-bond acceptors (Lipinski definition) is 6. The minimum absolute atomic E-state index is 0.652. The van der Waals surface area contributed by atoms with Gasteiger partial charge in [-0.05, 0) is 45.3 Å². The lowest BCUT2D eigenvalue weighted by Crippen LogP contribution is -2.03. The number of hydrogen-bond donors (Lipinski definition) is 2. The maximum absolute atomic E-state index is 4.66. The molecule has 0 bridgehead atoms. The van der Waals surface area contributed by atoms with E-state index >= 15 is 0 Å². The summed E-state index contributed by atoms with van der Waals surface area (Å²) in [5, 5.41) is 17.8. The number of aromatic amines is 1. The lowest BCUT2D eigenvalue weighted by atomic mass is 9.98. The molecular weight excluding hydrogens is 398 g/mol. The summed E-state index contributed by atoms with van der Waals surface area (Å²) in [6, 6.07) is 22.5. The summed E-state index contributed by atoms with van der Waals surface area (Å²) in [6.45, 7) is 4.50. The molecule has 2 aromatic carbocycles. The van der Waals surface area contributed by atoms with Crippen LogP contribution < -0.4 is 5.32 Å². The molecule has 0 aliphatic carbocycles. The number of H-pyrrole nitrogens is 1. The number of benzene rings is 2. The van der Waals surface area contributed by atoms with Crippen LogP contribution in [0.15, 0.2) is 85.6 Å². The molecule has 5 rings (SSSR count). The van der Waals surface area contributed by atoms with Crippen LogP contribution in [0.1, 0.15) is 11.3 Å². The lowest BCUT2D eigenvalue weighted by molar-refractivity contribution is 0.881. The number of nitrogens with zero attached hydrogens (tertiary/aromatic N) is 5. The van der Waals surface area contributed by atoms with Crippen LogP contribution in [0.4, 0.5) is 5.69 Å². The smallest absolute Gasteiger partial charge is 0.180 e. The molecule has 3 heterocycles. The van der Waals surface area contributed by atoms with Gasteiger partial charge in [0.2, 0.25) is 0 Å². The van der Waals surface area contributed by atoms with Gasteiger partial charge in [0.05, 0.1) is 11.2 Å². The Morgan fingerprint density at radius 3 is 2.59 bits per heavy atom. The Balaban J connectivity index is 1.39. The molecule has 5 aromatic rings. The fraction of sp³-hybridized carbons (Fsp3) is 0.0800. The van der Waals surface area contributed by atoms with E-state index < -0.39 is 0 Å². The van der Waals surface area contributed by atoms with E-state index in [1.165, 1.54) is 5.56 Å². The Morgan fingerprint density at radius 2 is 1.81 bits per heavy atom. The summed E-state index contributed by atoms with van der Waals surface area (Å²) in [4.78, 5) is 9.18. The molecule has 0 amide bonds. The maximum Gasteiger partial charge on any atom is 0.180 e. The fourth-order valence-corrected chi connectivity index (χ4v) is 3.72. The van der Waals surface area contributed by atoms with Crippen LogP contribution in [0.3, 0.4) is 0 Å². The summed E-state index contributed by atoms with van der Waals surface area (Å²) in [5.74, 6) is 0.652. The SMILES string of the molecule is C=CCc1cc(NCc2ccc(-c3ccccc3-c3nnn[nH]3)cc2)c2ncccc2n1. The van der Waals surface area contributed by atoms with Crippen molar-refractivity contribution in [3.63, 3.8) is 0 Å². The molecule has 7 nitrogen and oxygen atoms in total. The molecule has 0 radical (unpaired) electrons. The Morgan fingerprint density at radius 1 is 0.969 bits per heavy atom. The van der Waals surface area contributed by atoms with Gasteiger partial charge in [-0.3, -0.25) is 9.97 Å². The van der Waals surface area contributed by atoms with Crippen molar-refractivity contribution in [3.8, 4) is 22.5 Å². The zero-order valence-corrected chi connectivity index (χ0v) is 17.4. The van der Waals surface area contributed by atoms with Crippen molar-refractivity contribution in [3.05, 3.63) is 96.8 Å². The van der Waals surface area contributed by atoms with E-state index in [1.54, 1.807) is 6.20 Å². The van der Waals surface area contributed by atoms with Crippen molar-refractivity contribution in [2.45, 2.75) is 13.0 Å². The average Bonchev–Trinajstić information content (AvgIpc) is 3.38. The number of allylic oxidation sites excluding steroid dienone is 1. The molecule has 0 aliphatic heterocycles. The third-order valence-corrected chi connectivity index (χ3v) is 5.25. The molecule has 2 N–H and O–H groups in total. The number of tetrazole rings is 1. The van der Waals surface area contributed by atoms with Crippen LogP contribution in [0.25, 0.3) is 33.5 Å². The predicted octanol–water partition coefficient (Wildman–Crippen LogP) is 4.82.